The van der Waals surface area contributed by atoms with Gasteiger partial charge in [0.1, 0.15) is 5.03 Å². The van der Waals surface area contributed by atoms with Crippen LogP contribution in [0.25, 0.3) is 10.9 Å². The highest BCUT2D eigenvalue weighted by Gasteiger charge is 2.19. The van der Waals surface area contributed by atoms with E-state index >= 15 is 0 Å². The third-order valence-corrected chi connectivity index (χ3v) is 6.67. The molecule has 4 rings (SSSR count). The second-order valence-corrected chi connectivity index (χ2v) is 8.94. The van der Waals surface area contributed by atoms with Crippen molar-refractivity contribution >= 4 is 40.0 Å². The van der Waals surface area contributed by atoms with Crippen LogP contribution in [-0.4, -0.2) is 22.4 Å². The lowest BCUT2D eigenvalue weighted by molar-refractivity contribution is -0.113. The molecule has 0 unspecified atom stereocenters. The number of para-hydroxylation sites is 1. The zero-order chi connectivity index (χ0) is 20.9. The highest BCUT2D eigenvalue weighted by molar-refractivity contribution is 8.00. The van der Waals surface area contributed by atoms with E-state index in [-0.39, 0.29) is 17.4 Å². The van der Waals surface area contributed by atoms with Gasteiger partial charge in [-0.2, -0.15) is 0 Å². The Balaban J connectivity index is 1.48. The molecule has 154 valence electrons. The Hall–Kier alpha value is -2.66. The molecule has 0 bridgehead atoms. The average Bonchev–Trinajstić information content (AvgIpc) is 3.25. The van der Waals surface area contributed by atoms with Gasteiger partial charge >= 0.3 is 0 Å². The molecule has 4 nitrogen and oxygen atoms in total. The number of aromatic nitrogens is 1. The highest BCUT2D eigenvalue weighted by atomic mass is 32.2. The third kappa shape index (κ3) is 5.08. The highest BCUT2D eigenvalue weighted by Crippen LogP contribution is 2.32. The van der Waals surface area contributed by atoms with Gasteiger partial charge in [-0.05, 0) is 49.1 Å². The van der Waals surface area contributed by atoms with Crippen molar-refractivity contribution in [3.05, 3.63) is 65.7 Å². The molecule has 1 aliphatic rings. The number of carbonyl (C=O) groups is 2. The summed E-state index contributed by atoms with van der Waals surface area (Å²) in [6, 6.07) is 17.4. The Kier molecular flexibility index (Phi) is 6.48. The quantitative estimate of drug-likeness (QED) is 0.383. The maximum atomic E-state index is 12.5. The number of carbonyl (C=O) groups excluding carboxylic acids is 2. The van der Waals surface area contributed by atoms with E-state index in [0.29, 0.717) is 11.3 Å². The predicted octanol–water partition coefficient (Wildman–Crippen LogP) is 5.90. The number of ketones is 1. The van der Waals surface area contributed by atoms with Crippen molar-refractivity contribution in [2.75, 3.05) is 11.1 Å². The molecular weight excluding hydrogens is 392 g/mol. The summed E-state index contributed by atoms with van der Waals surface area (Å²) in [5.74, 6) is 0.892. The molecule has 1 aliphatic carbocycles. The minimum atomic E-state index is -0.0949. The zero-order valence-electron chi connectivity index (χ0n) is 17.2. The van der Waals surface area contributed by atoms with Crippen LogP contribution in [-0.2, 0) is 11.2 Å². The van der Waals surface area contributed by atoms with Gasteiger partial charge in [-0.1, -0.05) is 67.8 Å². The number of thioether (sulfide) groups is 1. The molecule has 1 heterocycles. The first kappa shape index (κ1) is 20.6. The number of benzene rings is 2. The van der Waals surface area contributed by atoms with Gasteiger partial charge in [0.05, 0.1) is 11.3 Å². The first-order valence-corrected chi connectivity index (χ1v) is 11.5. The fourth-order valence-corrected chi connectivity index (χ4v) is 4.92. The van der Waals surface area contributed by atoms with Crippen molar-refractivity contribution in [1.82, 2.24) is 4.98 Å². The first-order chi connectivity index (χ1) is 14.6. The van der Waals surface area contributed by atoms with E-state index < -0.39 is 0 Å². The largest absolute Gasteiger partial charge is 0.325 e. The number of anilines is 1. The summed E-state index contributed by atoms with van der Waals surface area (Å²) < 4.78 is 0. The lowest BCUT2D eigenvalue weighted by Crippen LogP contribution is -2.15. The smallest absolute Gasteiger partial charge is 0.234 e. The fraction of sp³-hybridized carbons (Fsp3) is 0.320. The number of nitrogens with zero attached hydrogens (tertiary/aromatic N) is 1. The number of Topliss-reactive ketones (excluding diaryl/α,β-unsaturated/α-hetero) is 1. The second-order valence-electron chi connectivity index (χ2n) is 7.97. The van der Waals surface area contributed by atoms with E-state index in [2.05, 4.69) is 17.4 Å². The van der Waals surface area contributed by atoms with E-state index in [1.165, 1.54) is 49.9 Å². The van der Waals surface area contributed by atoms with E-state index in [9.17, 15) is 9.59 Å². The molecule has 0 spiro atoms. The standard InChI is InChI=1S/C25H26N2O2S/c1-17(28)19-10-6-11-22(15-19)26-24(29)16-30-25-21(13-18-7-2-3-8-18)14-20-9-4-5-12-23(20)27-25/h4-6,9-12,14-15,18H,2-3,7-8,13,16H2,1H3,(H,26,29). The first-order valence-electron chi connectivity index (χ1n) is 10.5. The summed E-state index contributed by atoms with van der Waals surface area (Å²) >= 11 is 1.49. The van der Waals surface area contributed by atoms with Gasteiger partial charge in [-0.25, -0.2) is 4.98 Å². The van der Waals surface area contributed by atoms with Crippen LogP contribution in [0.3, 0.4) is 0 Å². The summed E-state index contributed by atoms with van der Waals surface area (Å²) in [5, 5.41) is 5.00. The van der Waals surface area contributed by atoms with E-state index in [1.807, 2.05) is 18.2 Å². The second kappa shape index (κ2) is 9.43. The Morgan fingerprint density at radius 1 is 1.07 bits per heavy atom. The van der Waals surface area contributed by atoms with Crippen molar-refractivity contribution < 1.29 is 9.59 Å². The maximum Gasteiger partial charge on any atom is 0.234 e. The van der Waals surface area contributed by atoms with Crippen LogP contribution in [0.1, 0.15) is 48.5 Å². The molecule has 1 N–H and O–H groups in total. The lowest BCUT2D eigenvalue weighted by Gasteiger charge is -2.14. The minimum Gasteiger partial charge on any atom is -0.325 e. The van der Waals surface area contributed by atoms with Crippen molar-refractivity contribution in [2.45, 2.75) is 44.1 Å². The topological polar surface area (TPSA) is 59.1 Å². The van der Waals surface area contributed by atoms with Gasteiger partial charge in [0.15, 0.2) is 5.78 Å². The summed E-state index contributed by atoms with van der Waals surface area (Å²) in [4.78, 5) is 29.0. The molecule has 2 aromatic carbocycles. The van der Waals surface area contributed by atoms with E-state index in [1.54, 1.807) is 24.3 Å². The third-order valence-electron chi connectivity index (χ3n) is 5.64. The fourth-order valence-electron chi connectivity index (χ4n) is 4.09. The Morgan fingerprint density at radius 3 is 2.67 bits per heavy atom. The SMILES string of the molecule is CC(=O)c1cccc(NC(=O)CSc2nc3ccccc3cc2CC2CCCC2)c1. The number of hydrogen-bond donors (Lipinski definition) is 1. The summed E-state index contributed by atoms with van der Waals surface area (Å²) in [5.41, 5.74) is 3.45. The molecule has 0 radical (unpaired) electrons. The predicted molar refractivity (Wildman–Crippen MR) is 123 cm³/mol. The van der Waals surface area contributed by atoms with Crippen LogP contribution in [0.2, 0.25) is 0 Å². The molecule has 1 saturated carbocycles. The molecule has 5 heteroatoms. The molecular formula is C25H26N2O2S. The number of hydrogen-bond acceptors (Lipinski definition) is 4. The number of amides is 1. The van der Waals surface area contributed by atoms with Gasteiger partial charge in [0.25, 0.3) is 0 Å². The number of fused-ring (bicyclic) bond motifs is 1. The van der Waals surface area contributed by atoms with Gasteiger partial charge in [0, 0.05) is 16.6 Å². The lowest BCUT2D eigenvalue weighted by atomic mass is 9.98. The Labute approximate surface area is 181 Å². The molecule has 0 atom stereocenters. The number of pyridine rings is 1. The molecule has 0 saturated heterocycles. The van der Waals surface area contributed by atoms with Crippen LogP contribution in [0.4, 0.5) is 5.69 Å². The Bertz CT molecular complexity index is 1070. The summed E-state index contributed by atoms with van der Waals surface area (Å²) in [6.45, 7) is 1.52. The van der Waals surface area contributed by atoms with Crippen LogP contribution in [0.15, 0.2) is 59.6 Å². The molecule has 1 amide bonds. The molecule has 3 aromatic rings. The molecule has 1 aromatic heterocycles. The van der Waals surface area contributed by atoms with E-state index in [4.69, 9.17) is 4.98 Å². The van der Waals surface area contributed by atoms with Crippen molar-refractivity contribution in [3.63, 3.8) is 0 Å². The van der Waals surface area contributed by atoms with Crippen LogP contribution < -0.4 is 5.32 Å². The summed E-state index contributed by atoms with van der Waals surface area (Å²) in [7, 11) is 0. The number of rotatable bonds is 7. The normalized spacial score (nSPS) is 14.2. The van der Waals surface area contributed by atoms with Crippen LogP contribution >= 0.6 is 11.8 Å². The molecule has 30 heavy (non-hydrogen) atoms. The minimum absolute atomic E-state index is 0.0163. The summed E-state index contributed by atoms with van der Waals surface area (Å²) in [6.07, 6.45) is 6.22. The van der Waals surface area contributed by atoms with E-state index in [0.717, 1.165) is 28.3 Å². The molecule has 0 aliphatic heterocycles. The Morgan fingerprint density at radius 2 is 1.87 bits per heavy atom. The van der Waals surface area contributed by atoms with Gasteiger partial charge < -0.3 is 5.32 Å². The van der Waals surface area contributed by atoms with Gasteiger partial charge in [-0.3, -0.25) is 9.59 Å². The van der Waals surface area contributed by atoms with Crippen molar-refractivity contribution in [1.29, 1.82) is 0 Å². The van der Waals surface area contributed by atoms with Gasteiger partial charge in [-0.15, -0.1) is 0 Å². The van der Waals surface area contributed by atoms with Crippen molar-refractivity contribution in [3.8, 4) is 0 Å². The number of nitrogens with one attached hydrogen (secondary N) is 1. The van der Waals surface area contributed by atoms with Crippen molar-refractivity contribution in [2.24, 2.45) is 5.92 Å². The van der Waals surface area contributed by atoms with Crippen LogP contribution in [0.5, 0.6) is 0 Å². The zero-order valence-corrected chi connectivity index (χ0v) is 18.0. The van der Waals surface area contributed by atoms with Gasteiger partial charge in [0.2, 0.25) is 5.91 Å². The monoisotopic (exact) mass is 418 g/mol. The maximum absolute atomic E-state index is 12.5. The average molecular weight is 419 g/mol. The molecule has 1 fully saturated rings. The van der Waals surface area contributed by atoms with Crippen LogP contribution in [0, 0.1) is 5.92 Å².